The first-order valence-corrected chi connectivity index (χ1v) is 5.05. The van der Waals surface area contributed by atoms with E-state index in [9.17, 15) is 0 Å². The number of aromatic hydroxyl groups is 2. The molecule has 2 aromatic carbocycles. The van der Waals surface area contributed by atoms with Crippen LogP contribution in [0.3, 0.4) is 0 Å². The number of nitriles is 2. The molecule has 0 spiro atoms. The van der Waals surface area contributed by atoms with Crippen molar-refractivity contribution in [2.45, 2.75) is 0 Å². The van der Waals surface area contributed by atoms with Crippen LogP contribution in [0.15, 0.2) is 48.5 Å². The molecule has 2 rings (SSSR count). The van der Waals surface area contributed by atoms with Gasteiger partial charge in [-0.3, -0.25) is 0 Å². The van der Waals surface area contributed by atoms with Gasteiger partial charge in [-0.15, -0.1) is 0 Å². The zero-order valence-electron chi connectivity index (χ0n) is 9.91. The van der Waals surface area contributed by atoms with Gasteiger partial charge in [0.1, 0.15) is 23.6 Å². The van der Waals surface area contributed by atoms with Crippen molar-refractivity contribution in [2.24, 2.45) is 0 Å². The average molecular weight is 329 g/mol. The molecule has 0 unspecified atom stereocenters. The zero-order valence-corrected chi connectivity index (χ0v) is 12.4. The van der Waals surface area contributed by atoms with E-state index in [0.717, 1.165) is 0 Å². The molecule has 0 fully saturated rings. The van der Waals surface area contributed by atoms with Crippen LogP contribution in [0.25, 0.3) is 0 Å². The number of phenols is 2. The third-order valence-corrected chi connectivity index (χ3v) is 2.05. The Hall–Kier alpha value is -2.10. The summed E-state index contributed by atoms with van der Waals surface area (Å²) in [7, 11) is 0. The van der Waals surface area contributed by atoms with Gasteiger partial charge in [-0.25, -0.2) is 0 Å². The fourth-order valence-electron chi connectivity index (χ4n) is 1.14. The second-order valence-corrected chi connectivity index (χ2v) is 3.26. The van der Waals surface area contributed by atoms with Crippen LogP contribution in [0.2, 0.25) is 0 Å². The number of phenolic OH excluding ortho intramolecular Hbond substituents is 2. The van der Waals surface area contributed by atoms with Crippen LogP contribution in [0, 0.1) is 22.7 Å². The van der Waals surface area contributed by atoms with Crippen molar-refractivity contribution >= 4 is 0 Å². The van der Waals surface area contributed by atoms with E-state index in [1.54, 1.807) is 36.4 Å². The monoisotopic (exact) mass is 328 g/mol. The maximum absolute atomic E-state index is 8.89. The second-order valence-electron chi connectivity index (χ2n) is 3.26. The van der Waals surface area contributed by atoms with Gasteiger partial charge in [-0.1, -0.05) is 24.3 Å². The Morgan fingerprint density at radius 2 is 1.00 bits per heavy atom. The molecule has 0 aliphatic heterocycles. The summed E-state index contributed by atoms with van der Waals surface area (Å²) in [5, 5.41) is 34.4. The molecule has 0 radical (unpaired) electrons. The maximum Gasteiger partial charge on any atom is 0.133 e. The van der Waals surface area contributed by atoms with Crippen LogP contribution in [0.1, 0.15) is 11.1 Å². The largest absolute Gasteiger partial charge is 0.507 e. The Balaban J connectivity index is 0.000000324. The van der Waals surface area contributed by atoms with E-state index in [1.165, 1.54) is 12.1 Å². The predicted octanol–water partition coefficient (Wildman–Crippen LogP) is 2.53. The molecule has 0 heterocycles. The van der Waals surface area contributed by atoms with Gasteiger partial charge in [0.15, 0.2) is 0 Å². The quantitative estimate of drug-likeness (QED) is 0.777. The first-order chi connectivity index (χ1) is 8.69. The van der Waals surface area contributed by atoms with Crippen molar-refractivity contribution < 1.29 is 36.4 Å². The van der Waals surface area contributed by atoms with Crippen LogP contribution in [-0.4, -0.2) is 10.2 Å². The van der Waals surface area contributed by atoms with Crippen molar-refractivity contribution in [1.29, 1.82) is 10.5 Å². The van der Waals surface area contributed by atoms with E-state index in [1.807, 2.05) is 12.1 Å². The molecule has 92 valence electrons. The molecule has 0 aromatic heterocycles. The van der Waals surface area contributed by atoms with Crippen molar-refractivity contribution in [3.05, 3.63) is 59.7 Å². The SMILES string of the molecule is N#Cc1ccccc1O.N#Cc1ccccc1O.[Zr]. The normalized spacial score (nSPS) is 7.89. The molecule has 0 atom stereocenters. The minimum Gasteiger partial charge on any atom is -0.507 e. The van der Waals surface area contributed by atoms with E-state index in [-0.39, 0.29) is 37.7 Å². The maximum atomic E-state index is 8.89. The van der Waals surface area contributed by atoms with Crippen LogP contribution in [0.4, 0.5) is 0 Å². The summed E-state index contributed by atoms with van der Waals surface area (Å²) < 4.78 is 0. The van der Waals surface area contributed by atoms with Gasteiger partial charge in [0, 0.05) is 26.2 Å². The average Bonchev–Trinajstić information content (AvgIpc) is 2.41. The summed E-state index contributed by atoms with van der Waals surface area (Å²) in [5.74, 6) is 0.0833. The topological polar surface area (TPSA) is 88.0 Å². The molecule has 2 aromatic rings. The molecule has 0 saturated heterocycles. The fourth-order valence-corrected chi connectivity index (χ4v) is 1.14. The minimum absolute atomic E-state index is 0. The van der Waals surface area contributed by atoms with Crippen LogP contribution >= 0.6 is 0 Å². The molecule has 0 amide bonds. The molecule has 0 aliphatic carbocycles. The second kappa shape index (κ2) is 8.92. The van der Waals surface area contributed by atoms with Crippen molar-refractivity contribution in [3.63, 3.8) is 0 Å². The molecule has 5 heteroatoms. The first-order valence-electron chi connectivity index (χ1n) is 5.05. The third kappa shape index (κ3) is 5.38. The summed E-state index contributed by atoms with van der Waals surface area (Å²) in [4.78, 5) is 0. The van der Waals surface area contributed by atoms with Gasteiger partial charge in [0.25, 0.3) is 0 Å². The van der Waals surface area contributed by atoms with E-state index in [2.05, 4.69) is 0 Å². The van der Waals surface area contributed by atoms with E-state index in [0.29, 0.717) is 11.1 Å². The number of nitrogens with zero attached hydrogens (tertiary/aromatic N) is 2. The van der Waals surface area contributed by atoms with Gasteiger partial charge < -0.3 is 10.2 Å². The Morgan fingerprint density at radius 3 is 1.21 bits per heavy atom. The number of rotatable bonds is 0. The van der Waals surface area contributed by atoms with E-state index >= 15 is 0 Å². The molecule has 0 saturated carbocycles. The van der Waals surface area contributed by atoms with Gasteiger partial charge in [-0.2, -0.15) is 10.5 Å². The molecular formula is C14H10N2O2Zr. The fraction of sp³-hybridized carbons (Fsp3) is 0. The number of hydrogen-bond acceptors (Lipinski definition) is 4. The van der Waals surface area contributed by atoms with Gasteiger partial charge in [0.2, 0.25) is 0 Å². The van der Waals surface area contributed by atoms with E-state index < -0.39 is 0 Å². The van der Waals surface area contributed by atoms with Crippen molar-refractivity contribution in [3.8, 4) is 23.6 Å². The van der Waals surface area contributed by atoms with Gasteiger partial charge >= 0.3 is 0 Å². The molecule has 4 nitrogen and oxygen atoms in total. The van der Waals surface area contributed by atoms with Crippen LogP contribution in [-0.2, 0) is 26.2 Å². The van der Waals surface area contributed by atoms with Crippen molar-refractivity contribution in [1.82, 2.24) is 0 Å². The molecule has 2 N–H and O–H groups in total. The Kier molecular flexibility index (Phi) is 7.93. The minimum atomic E-state index is 0. The predicted molar refractivity (Wildman–Crippen MR) is 65.6 cm³/mol. The van der Waals surface area contributed by atoms with E-state index in [4.69, 9.17) is 20.7 Å². The molecule has 19 heavy (non-hydrogen) atoms. The summed E-state index contributed by atoms with van der Waals surface area (Å²) >= 11 is 0. The molecular weight excluding hydrogens is 319 g/mol. The Labute approximate surface area is 130 Å². The smallest absolute Gasteiger partial charge is 0.133 e. The summed E-state index contributed by atoms with van der Waals surface area (Å²) in [5.41, 5.74) is 0.634. The summed E-state index contributed by atoms with van der Waals surface area (Å²) in [6, 6.07) is 16.6. The summed E-state index contributed by atoms with van der Waals surface area (Å²) in [6.45, 7) is 0. The van der Waals surface area contributed by atoms with Gasteiger partial charge in [0.05, 0.1) is 11.1 Å². The van der Waals surface area contributed by atoms with Gasteiger partial charge in [-0.05, 0) is 24.3 Å². The standard InChI is InChI=1S/2C7H5NO.Zr/c2*8-5-6-3-1-2-4-7(6)9;/h2*1-4,9H;. The first kappa shape index (κ1) is 16.9. The zero-order chi connectivity index (χ0) is 13.4. The van der Waals surface area contributed by atoms with Crippen molar-refractivity contribution in [2.75, 3.05) is 0 Å². The Bertz CT molecular complexity index is 560. The van der Waals surface area contributed by atoms with Crippen LogP contribution < -0.4 is 0 Å². The third-order valence-electron chi connectivity index (χ3n) is 2.05. The number of benzene rings is 2. The Morgan fingerprint density at radius 1 is 0.684 bits per heavy atom. The summed E-state index contributed by atoms with van der Waals surface area (Å²) in [6.07, 6.45) is 0. The number of hydrogen-bond donors (Lipinski definition) is 2. The van der Waals surface area contributed by atoms with Crippen LogP contribution in [0.5, 0.6) is 11.5 Å². The molecule has 0 bridgehead atoms. The number of para-hydroxylation sites is 2. The molecule has 0 aliphatic rings.